The highest BCUT2D eigenvalue weighted by molar-refractivity contribution is 6.01. The third-order valence-corrected chi connectivity index (χ3v) is 2.91. The van der Waals surface area contributed by atoms with Crippen LogP contribution in [0.4, 0.5) is 10.5 Å². The number of anilines is 1. The van der Waals surface area contributed by atoms with E-state index < -0.39 is 6.09 Å². The van der Waals surface area contributed by atoms with Crippen LogP contribution >= 0.6 is 0 Å². The predicted octanol–water partition coefficient (Wildman–Crippen LogP) is 1.99. The number of rotatable bonds is 2. The van der Waals surface area contributed by atoms with Crippen LogP contribution < -0.4 is 4.90 Å². The molecule has 0 radical (unpaired) electrons. The first kappa shape index (κ1) is 12.6. The first-order valence-corrected chi connectivity index (χ1v) is 5.76. The van der Waals surface area contributed by atoms with E-state index in [2.05, 4.69) is 0 Å². The first-order valence-electron chi connectivity index (χ1n) is 5.76. The van der Waals surface area contributed by atoms with Crippen molar-refractivity contribution >= 4 is 17.6 Å². The molecule has 1 aromatic rings. The Labute approximate surface area is 105 Å². The van der Waals surface area contributed by atoms with Crippen LogP contribution in [0.25, 0.3) is 0 Å². The Morgan fingerprint density at radius 1 is 1.44 bits per heavy atom. The van der Waals surface area contributed by atoms with Gasteiger partial charge in [-0.3, -0.25) is 9.69 Å². The molecule has 1 aliphatic heterocycles. The molecule has 96 valence electrons. The number of hydrogen-bond donors (Lipinski definition) is 0. The molecular weight excluding hydrogens is 234 g/mol. The zero-order valence-corrected chi connectivity index (χ0v) is 10.4. The van der Waals surface area contributed by atoms with Crippen molar-refractivity contribution in [2.24, 2.45) is 0 Å². The second kappa shape index (κ2) is 5.18. The van der Waals surface area contributed by atoms with Gasteiger partial charge in [0.05, 0.1) is 13.7 Å². The summed E-state index contributed by atoms with van der Waals surface area (Å²) in [5.74, 6) is -0.0565. The topological polar surface area (TPSA) is 55.8 Å². The molecule has 5 nitrogen and oxygen atoms in total. The molecule has 1 aliphatic rings. The van der Waals surface area contributed by atoms with Gasteiger partial charge in [-0.25, -0.2) is 4.79 Å². The zero-order valence-electron chi connectivity index (χ0n) is 10.4. The second-order valence-corrected chi connectivity index (χ2v) is 3.97. The van der Waals surface area contributed by atoms with E-state index in [-0.39, 0.29) is 12.4 Å². The average Bonchev–Trinajstić information content (AvgIpc) is 2.40. The van der Waals surface area contributed by atoms with Gasteiger partial charge in [0.25, 0.3) is 0 Å². The fourth-order valence-electron chi connectivity index (χ4n) is 1.98. The lowest BCUT2D eigenvalue weighted by atomic mass is 10.0. The van der Waals surface area contributed by atoms with Crippen LogP contribution in [0.5, 0.6) is 0 Å². The SMILES string of the molecule is CCN(C(=O)OC)c1ccc2c(c1)C(=O)COC2. The van der Waals surface area contributed by atoms with Gasteiger partial charge >= 0.3 is 6.09 Å². The van der Waals surface area contributed by atoms with Crippen LogP contribution in [0.3, 0.4) is 0 Å². The van der Waals surface area contributed by atoms with Crippen molar-refractivity contribution in [2.75, 3.05) is 25.2 Å². The number of ether oxygens (including phenoxy) is 2. The van der Waals surface area contributed by atoms with Gasteiger partial charge < -0.3 is 9.47 Å². The summed E-state index contributed by atoms with van der Waals surface area (Å²) in [5, 5.41) is 0. The number of ketones is 1. The van der Waals surface area contributed by atoms with E-state index in [0.29, 0.717) is 24.4 Å². The van der Waals surface area contributed by atoms with Gasteiger partial charge in [-0.05, 0) is 24.6 Å². The van der Waals surface area contributed by atoms with E-state index in [1.54, 1.807) is 12.1 Å². The number of carbonyl (C=O) groups excluding carboxylic acids is 2. The Morgan fingerprint density at radius 3 is 2.89 bits per heavy atom. The van der Waals surface area contributed by atoms with E-state index in [1.165, 1.54) is 12.0 Å². The lowest BCUT2D eigenvalue weighted by Gasteiger charge is -2.22. The number of benzene rings is 1. The summed E-state index contributed by atoms with van der Waals surface area (Å²) in [7, 11) is 1.34. The monoisotopic (exact) mass is 249 g/mol. The van der Waals surface area contributed by atoms with E-state index in [1.807, 2.05) is 13.0 Å². The van der Waals surface area contributed by atoms with Crippen molar-refractivity contribution < 1.29 is 19.1 Å². The summed E-state index contributed by atoms with van der Waals surface area (Å²) >= 11 is 0. The van der Waals surface area contributed by atoms with Crippen LogP contribution in [-0.4, -0.2) is 32.1 Å². The number of carbonyl (C=O) groups is 2. The standard InChI is InChI=1S/C13H15NO4/c1-3-14(13(16)17-2)10-5-4-9-7-18-8-12(15)11(9)6-10/h4-6H,3,7-8H2,1-2H3. The highest BCUT2D eigenvalue weighted by Crippen LogP contribution is 2.24. The summed E-state index contributed by atoms with van der Waals surface area (Å²) < 4.78 is 9.85. The van der Waals surface area contributed by atoms with E-state index >= 15 is 0 Å². The number of fused-ring (bicyclic) bond motifs is 1. The minimum Gasteiger partial charge on any atom is -0.452 e. The molecule has 0 spiro atoms. The molecule has 1 heterocycles. The van der Waals surface area contributed by atoms with E-state index in [4.69, 9.17) is 9.47 Å². The van der Waals surface area contributed by atoms with Gasteiger partial charge in [0.15, 0.2) is 5.78 Å². The lowest BCUT2D eigenvalue weighted by Crippen LogP contribution is -2.31. The van der Waals surface area contributed by atoms with Crippen LogP contribution in [0.15, 0.2) is 18.2 Å². The molecule has 0 N–H and O–H groups in total. The minimum atomic E-state index is -0.433. The smallest absolute Gasteiger partial charge is 0.413 e. The second-order valence-electron chi connectivity index (χ2n) is 3.97. The first-order chi connectivity index (χ1) is 8.67. The van der Waals surface area contributed by atoms with Crippen LogP contribution in [0.1, 0.15) is 22.8 Å². The zero-order chi connectivity index (χ0) is 13.1. The molecule has 5 heteroatoms. The van der Waals surface area contributed by atoms with Crippen molar-refractivity contribution in [2.45, 2.75) is 13.5 Å². The summed E-state index contributed by atoms with van der Waals surface area (Å²) in [6, 6.07) is 5.33. The highest BCUT2D eigenvalue weighted by Gasteiger charge is 2.21. The van der Waals surface area contributed by atoms with E-state index in [0.717, 1.165) is 5.56 Å². The lowest BCUT2D eigenvalue weighted by molar-refractivity contribution is 0.0665. The van der Waals surface area contributed by atoms with Gasteiger partial charge in [-0.15, -0.1) is 0 Å². The number of hydrogen-bond acceptors (Lipinski definition) is 4. The van der Waals surface area contributed by atoms with Crippen molar-refractivity contribution in [3.05, 3.63) is 29.3 Å². The number of amides is 1. The van der Waals surface area contributed by atoms with Gasteiger partial charge in [-0.2, -0.15) is 0 Å². The normalized spacial score (nSPS) is 14.0. The molecular formula is C13H15NO4. The molecule has 0 unspecified atom stereocenters. The Kier molecular flexibility index (Phi) is 3.62. The van der Waals surface area contributed by atoms with Crippen molar-refractivity contribution in [1.82, 2.24) is 0 Å². The largest absolute Gasteiger partial charge is 0.452 e. The summed E-state index contributed by atoms with van der Waals surface area (Å²) in [6.45, 7) is 2.87. The van der Waals surface area contributed by atoms with Gasteiger partial charge in [0, 0.05) is 17.8 Å². The minimum absolute atomic E-state index is 0.0565. The maximum atomic E-state index is 11.7. The molecule has 1 aromatic carbocycles. The third-order valence-electron chi connectivity index (χ3n) is 2.91. The Bertz CT molecular complexity index is 484. The van der Waals surface area contributed by atoms with Gasteiger partial charge in [-0.1, -0.05) is 6.07 Å². The highest BCUT2D eigenvalue weighted by atomic mass is 16.5. The summed E-state index contributed by atoms with van der Waals surface area (Å²) in [4.78, 5) is 24.8. The van der Waals surface area contributed by atoms with Crippen LogP contribution in [-0.2, 0) is 16.1 Å². The molecule has 0 fully saturated rings. The Morgan fingerprint density at radius 2 is 2.22 bits per heavy atom. The Balaban J connectivity index is 2.37. The number of nitrogens with zero attached hydrogens (tertiary/aromatic N) is 1. The fraction of sp³-hybridized carbons (Fsp3) is 0.385. The summed E-state index contributed by atoms with van der Waals surface area (Å²) in [6.07, 6.45) is -0.433. The Hall–Kier alpha value is -1.88. The number of Topliss-reactive ketones (excluding diaryl/α,β-unsaturated/α-hetero) is 1. The predicted molar refractivity (Wildman–Crippen MR) is 65.9 cm³/mol. The third kappa shape index (κ3) is 2.22. The van der Waals surface area contributed by atoms with Crippen LogP contribution in [0, 0.1) is 0 Å². The quantitative estimate of drug-likeness (QED) is 0.804. The molecule has 0 aromatic heterocycles. The molecule has 0 saturated heterocycles. The van der Waals surface area contributed by atoms with Crippen molar-refractivity contribution in [3.63, 3.8) is 0 Å². The van der Waals surface area contributed by atoms with Crippen LogP contribution in [0.2, 0.25) is 0 Å². The van der Waals surface area contributed by atoms with Gasteiger partial charge in [0.2, 0.25) is 0 Å². The molecule has 18 heavy (non-hydrogen) atoms. The molecule has 0 atom stereocenters. The molecule has 0 saturated carbocycles. The van der Waals surface area contributed by atoms with Gasteiger partial charge in [0.1, 0.15) is 6.61 Å². The van der Waals surface area contributed by atoms with E-state index in [9.17, 15) is 9.59 Å². The molecule has 2 rings (SSSR count). The van der Waals surface area contributed by atoms with Crippen molar-refractivity contribution in [1.29, 1.82) is 0 Å². The maximum Gasteiger partial charge on any atom is 0.413 e. The number of methoxy groups -OCH3 is 1. The fourth-order valence-corrected chi connectivity index (χ4v) is 1.98. The maximum absolute atomic E-state index is 11.7. The average molecular weight is 249 g/mol. The summed E-state index contributed by atoms with van der Waals surface area (Å²) in [5.41, 5.74) is 2.15. The van der Waals surface area contributed by atoms with Crippen molar-refractivity contribution in [3.8, 4) is 0 Å². The molecule has 0 bridgehead atoms. The molecule has 1 amide bonds. The molecule has 0 aliphatic carbocycles.